The lowest BCUT2D eigenvalue weighted by Gasteiger charge is -2.30. The molecule has 2 aliphatic heterocycles. The standard InChI is InChI=1S/C28H38Cl2N4O7S2/c1-16-12-19-23(35)32-28(25(37)33-43(39,40)20-13-21(29)42-22(20)30)14-17(28)10-8-6-5-7-9-11-18(24(36)34(19)15-16)31-26(38)41-27(2,3)4/h8,10,13,16-19H,5-7,9,11-12,14-15H2,1-4H3,(H,31,38)(H,32,35)(H,33,37)/b10-8-/t16-,17-,18+,19+,28-/m1/s1. The fourth-order valence-corrected chi connectivity index (χ4v) is 8.74. The number of allylic oxidation sites excluding steroid dienone is 1. The van der Waals surface area contributed by atoms with Gasteiger partial charge >= 0.3 is 6.09 Å². The van der Waals surface area contributed by atoms with Crippen molar-refractivity contribution in [3.63, 3.8) is 0 Å². The summed E-state index contributed by atoms with van der Waals surface area (Å²) in [5, 5.41) is 5.50. The summed E-state index contributed by atoms with van der Waals surface area (Å²) < 4.78 is 33.6. The van der Waals surface area contributed by atoms with E-state index in [-0.39, 0.29) is 32.5 Å². The molecule has 3 N–H and O–H groups in total. The molecule has 0 spiro atoms. The largest absolute Gasteiger partial charge is 0.444 e. The summed E-state index contributed by atoms with van der Waals surface area (Å²) in [5.41, 5.74) is -2.28. The van der Waals surface area contributed by atoms with E-state index in [1.165, 1.54) is 4.90 Å². The van der Waals surface area contributed by atoms with Crippen molar-refractivity contribution in [3.05, 3.63) is 26.9 Å². The van der Waals surface area contributed by atoms with E-state index in [1.807, 2.05) is 19.1 Å². The maximum atomic E-state index is 13.8. The molecule has 1 aliphatic carbocycles. The molecule has 238 valence electrons. The number of halogens is 2. The Hall–Kier alpha value is -2.35. The van der Waals surface area contributed by atoms with Crippen molar-refractivity contribution in [2.45, 2.75) is 101 Å². The summed E-state index contributed by atoms with van der Waals surface area (Å²) in [6.45, 7) is 7.39. The number of rotatable bonds is 4. The molecular formula is C28H38Cl2N4O7S2. The Bertz CT molecular complexity index is 1410. The summed E-state index contributed by atoms with van der Waals surface area (Å²) in [7, 11) is -4.38. The maximum Gasteiger partial charge on any atom is 0.408 e. The summed E-state index contributed by atoms with van der Waals surface area (Å²) >= 11 is 12.8. The minimum Gasteiger partial charge on any atom is -0.444 e. The highest BCUT2D eigenvalue weighted by molar-refractivity contribution is 7.90. The molecule has 0 bridgehead atoms. The highest BCUT2D eigenvalue weighted by atomic mass is 35.5. The monoisotopic (exact) mass is 676 g/mol. The summed E-state index contributed by atoms with van der Waals surface area (Å²) in [5.74, 6) is -2.33. The van der Waals surface area contributed by atoms with Crippen LogP contribution in [-0.4, -0.2) is 66.9 Å². The van der Waals surface area contributed by atoms with Crippen molar-refractivity contribution in [1.29, 1.82) is 0 Å². The average molecular weight is 678 g/mol. The van der Waals surface area contributed by atoms with Crippen LogP contribution in [0, 0.1) is 11.8 Å². The second-order valence-electron chi connectivity index (χ2n) is 12.5. The number of thiophene rings is 1. The van der Waals surface area contributed by atoms with Crippen molar-refractivity contribution >= 4 is 68.4 Å². The number of sulfonamides is 1. The predicted octanol–water partition coefficient (Wildman–Crippen LogP) is 4.39. The van der Waals surface area contributed by atoms with Crippen LogP contribution in [0.5, 0.6) is 0 Å². The van der Waals surface area contributed by atoms with Crippen LogP contribution in [0.4, 0.5) is 4.79 Å². The molecule has 0 unspecified atom stereocenters. The van der Waals surface area contributed by atoms with Gasteiger partial charge in [-0.05, 0) is 64.9 Å². The molecule has 1 aromatic rings. The van der Waals surface area contributed by atoms with E-state index in [4.69, 9.17) is 27.9 Å². The molecule has 15 heteroatoms. The minimum atomic E-state index is -4.38. The Balaban J connectivity index is 1.59. The molecule has 0 aromatic carbocycles. The third kappa shape index (κ3) is 8.03. The summed E-state index contributed by atoms with van der Waals surface area (Å²) in [6, 6.07) is -0.645. The van der Waals surface area contributed by atoms with Gasteiger partial charge in [-0.15, -0.1) is 11.3 Å². The zero-order valence-corrected chi connectivity index (χ0v) is 27.7. The van der Waals surface area contributed by atoms with Crippen LogP contribution in [0.1, 0.15) is 72.6 Å². The molecule has 2 fully saturated rings. The fraction of sp³-hybridized carbons (Fsp3) is 0.643. The van der Waals surface area contributed by atoms with Gasteiger partial charge < -0.3 is 20.3 Å². The number of alkyl carbamates (subject to hydrolysis) is 1. The fourth-order valence-electron chi connectivity index (χ4n) is 5.55. The first-order valence-electron chi connectivity index (χ1n) is 14.3. The molecule has 3 aliphatic rings. The molecule has 1 aromatic heterocycles. The molecule has 1 saturated carbocycles. The number of nitrogens with one attached hydrogen (secondary N) is 3. The van der Waals surface area contributed by atoms with E-state index >= 15 is 0 Å². The van der Waals surface area contributed by atoms with Crippen LogP contribution in [0.3, 0.4) is 0 Å². The number of amides is 4. The quantitative estimate of drug-likeness (QED) is 0.400. The predicted molar refractivity (Wildman–Crippen MR) is 163 cm³/mol. The van der Waals surface area contributed by atoms with Gasteiger partial charge in [-0.3, -0.25) is 14.4 Å². The lowest BCUT2D eigenvalue weighted by atomic mass is 10.0. The highest BCUT2D eigenvalue weighted by Crippen LogP contribution is 2.46. The highest BCUT2D eigenvalue weighted by Gasteiger charge is 2.61. The maximum absolute atomic E-state index is 13.8. The van der Waals surface area contributed by atoms with Crippen LogP contribution in [-0.2, 0) is 29.1 Å². The molecule has 11 nitrogen and oxygen atoms in total. The van der Waals surface area contributed by atoms with Crippen LogP contribution in [0.15, 0.2) is 23.1 Å². The second kappa shape index (κ2) is 12.9. The SMILES string of the molecule is C[C@@H]1C[C@H]2C(=O)N[C@]3(C(=O)NS(=O)(=O)c4cc(Cl)sc4Cl)C[C@H]3/C=C\CCCCC[C@H](NC(=O)OC(C)(C)C)C(=O)N2C1. The Labute approximate surface area is 266 Å². The van der Waals surface area contributed by atoms with Gasteiger partial charge in [0.15, 0.2) is 0 Å². The Kier molecular flexibility index (Phi) is 10.1. The number of nitrogens with zero attached hydrogens (tertiary/aromatic N) is 1. The normalized spacial score (nSPS) is 29.3. The number of carbonyl (C=O) groups excluding carboxylic acids is 4. The first kappa shape index (κ1) is 33.5. The topological polar surface area (TPSA) is 151 Å². The van der Waals surface area contributed by atoms with Crippen LogP contribution < -0.4 is 15.4 Å². The van der Waals surface area contributed by atoms with Gasteiger partial charge in [0.05, 0.1) is 4.34 Å². The minimum absolute atomic E-state index is 0.0220. The van der Waals surface area contributed by atoms with Crippen molar-refractivity contribution in [2.24, 2.45) is 11.8 Å². The number of ether oxygens (including phenoxy) is 1. The van der Waals surface area contributed by atoms with E-state index in [1.54, 1.807) is 20.8 Å². The average Bonchev–Trinajstić information content (AvgIpc) is 3.23. The number of fused-ring (bicyclic) bond motifs is 2. The van der Waals surface area contributed by atoms with Gasteiger partial charge in [0.25, 0.3) is 15.9 Å². The van der Waals surface area contributed by atoms with E-state index in [0.717, 1.165) is 30.2 Å². The third-order valence-corrected chi connectivity index (χ3v) is 10.8. The molecule has 1 saturated heterocycles. The summed E-state index contributed by atoms with van der Waals surface area (Å²) in [4.78, 5) is 54.9. The van der Waals surface area contributed by atoms with E-state index < -0.39 is 63.0 Å². The van der Waals surface area contributed by atoms with Gasteiger partial charge in [0.1, 0.15) is 32.5 Å². The molecule has 3 heterocycles. The van der Waals surface area contributed by atoms with Crippen molar-refractivity contribution in [2.75, 3.05) is 6.54 Å². The molecule has 4 amide bonds. The first-order valence-corrected chi connectivity index (χ1v) is 17.4. The Morgan fingerprint density at radius 3 is 2.56 bits per heavy atom. The third-order valence-electron chi connectivity index (χ3n) is 7.73. The summed E-state index contributed by atoms with van der Waals surface area (Å²) in [6.07, 6.45) is 6.89. The number of hydrogen-bond donors (Lipinski definition) is 3. The van der Waals surface area contributed by atoms with Crippen molar-refractivity contribution in [1.82, 2.24) is 20.3 Å². The van der Waals surface area contributed by atoms with Gasteiger partial charge in [-0.25, -0.2) is 17.9 Å². The van der Waals surface area contributed by atoms with E-state index in [0.29, 0.717) is 25.7 Å². The second-order valence-corrected chi connectivity index (χ2v) is 16.4. The molecule has 4 rings (SSSR count). The van der Waals surface area contributed by atoms with Crippen molar-refractivity contribution < 1.29 is 32.3 Å². The Morgan fingerprint density at radius 1 is 1.19 bits per heavy atom. The smallest absolute Gasteiger partial charge is 0.408 e. The Morgan fingerprint density at radius 2 is 1.91 bits per heavy atom. The van der Waals surface area contributed by atoms with E-state index in [9.17, 15) is 27.6 Å². The first-order chi connectivity index (χ1) is 20.0. The number of carbonyl (C=O) groups is 4. The van der Waals surface area contributed by atoms with Gasteiger partial charge in [-0.2, -0.15) is 0 Å². The van der Waals surface area contributed by atoms with Crippen LogP contribution in [0.2, 0.25) is 8.67 Å². The van der Waals surface area contributed by atoms with Gasteiger partial charge in [0.2, 0.25) is 11.8 Å². The number of hydrogen-bond acceptors (Lipinski definition) is 8. The lowest BCUT2D eigenvalue weighted by Crippen LogP contribution is -2.58. The zero-order valence-electron chi connectivity index (χ0n) is 24.6. The van der Waals surface area contributed by atoms with Crippen LogP contribution >= 0.6 is 34.5 Å². The molecule has 43 heavy (non-hydrogen) atoms. The van der Waals surface area contributed by atoms with Gasteiger partial charge in [0, 0.05) is 12.5 Å². The lowest BCUT2D eigenvalue weighted by molar-refractivity contribution is -0.141. The van der Waals surface area contributed by atoms with Crippen molar-refractivity contribution in [3.8, 4) is 0 Å². The molecule has 0 radical (unpaired) electrons. The van der Waals surface area contributed by atoms with Gasteiger partial charge in [-0.1, -0.05) is 55.1 Å². The van der Waals surface area contributed by atoms with E-state index in [2.05, 4.69) is 15.4 Å². The van der Waals surface area contributed by atoms with Crippen LogP contribution in [0.25, 0.3) is 0 Å². The molecular weight excluding hydrogens is 639 g/mol. The molecule has 5 atom stereocenters. The zero-order chi connectivity index (χ0) is 31.7.